The molecule has 0 bridgehead atoms. The Balaban J connectivity index is 2.21. The SMILES string of the molecule is Cc1cccc(NC(=O)c2cc([N+](=O)[O-])c[nH]2)c1Br. The molecule has 1 amide bonds. The quantitative estimate of drug-likeness (QED) is 0.671. The smallest absolute Gasteiger partial charge is 0.287 e. The molecule has 1 aromatic heterocycles. The molecule has 0 saturated heterocycles. The molecule has 7 heteroatoms. The lowest BCUT2D eigenvalue weighted by Crippen LogP contribution is -2.12. The highest BCUT2D eigenvalue weighted by molar-refractivity contribution is 9.10. The Morgan fingerprint density at radius 2 is 2.21 bits per heavy atom. The highest BCUT2D eigenvalue weighted by Crippen LogP contribution is 2.26. The predicted octanol–water partition coefficient (Wildman–Crippen LogP) is 3.25. The molecule has 6 nitrogen and oxygen atoms in total. The Labute approximate surface area is 117 Å². The van der Waals surface area contributed by atoms with Gasteiger partial charge in [-0.15, -0.1) is 0 Å². The van der Waals surface area contributed by atoms with Crippen molar-refractivity contribution in [3.05, 3.63) is 56.3 Å². The third kappa shape index (κ3) is 2.82. The number of H-pyrrole nitrogens is 1. The van der Waals surface area contributed by atoms with E-state index in [1.54, 1.807) is 6.07 Å². The maximum atomic E-state index is 11.9. The molecule has 0 spiro atoms. The van der Waals surface area contributed by atoms with Crippen LogP contribution in [-0.2, 0) is 0 Å². The second kappa shape index (κ2) is 5.23. The summed E-state index contributed by atoms with van der Waals surface area (Å²) in [6.45, 7) is 1.90. The Hall–Kier alpha value is -2.15. The van der Waals surface area contributed by atoms with Crippen LogP contribution in [0, 0.1) is 17.0 Å². The molecule has 19 heavy (non-hydrogen) atoms. The fourth-order valence-electron chi connectivity index (χ4n) is 1.55. The highest BCUT2D eigenvalue weighted by atomic mass is 79.9. The van der Waals surface area contributed by atoms with E-state index in [9.17, 15) is 14.9 Å². The Morgan fingerprint density at radius 3 is 2.84 bits per heavy atom. The average Bonchev–Trinajstić information content (AvgIpc) is 2.84. The van der Waals surface area contributed by atoms with Crippen LogP contribution in [0.15, 0.2) is 34.9 Å². The molecule has 2 N–H and O–H groups in total. The van der Waals surface area contributed by atoms with E-state index in [-0.39, 0.29) is 11.4 Å². The summed E-state index contributed by atoms with van der Waals surface area (Å²) < 4.78 is 0.782. The number of rotatable bonds is 3. The zero-order chi connectivity index (χ0) is 14.0. The first-order valence-electron chi connectivity index (χ1n) is 5.38. The Kier molecular flexibility index (Phi) is 3.66. The number of aryl methyl sites for hydroxylation is 1. The normalized spacial score (nSPS) is 10.2. The topological polar surface area (TPSA) is 88.0 Å². The van der Waals surface area contributed by atoms with Crippen LogP contribution in [0.4, 0.5) is 11.4 Å². The van der Waals surface area contributed by atoms with E-state index in [1.807, 2.05) is 19.1 Å². The summed E-state index contributed by atoms with van der Waals surface area (Å²) in [6, 6.07) is 6.65. The zero-order valence-electron chi connectivity index (χ0n) is 9.94. The second-order valence-electron chi connectivity index (χ2n) is 3.92. The summed E-state index contributed by atoms with van der Waals surface area (Å²) in [7, 11) is 0. The van der Waals surface area contributed by atoms with Crippen molar-refractivity contribution in [1.29, 1.82) is 0 Å². The largest absolute Gasteiger partial charge is 0.351 e. The number of nitro groups is 1. The molecule has 0 atom stereocenters. The molecule has 98 valence electrons. The third-order valence-electron chi connectivity index (χ3n) is 2.56. The van der Waals surface area contributed by atoms with Crippen molar-refractivity contribution in [3.8, 4) is 0 Å². The molecule has 0 unspecified atom stereocenters. The first kappa shape index (κ1) is 13.3. The van der Waals surface area contributed by atoms with Crippen molar-refractivity contribution < 1.29 is 9.72 Å². The van der Waals surface area contributed by atoms with Crippen LogP contribution in [0.1, 0.15) is 16.1 Å². The standard InChI is InChI=1S/C12H10BrN3O3/c1-7-3-2-4-9(11(7)13)15-12(17)10-5-8(6-14-10)16(18)19/h2-6,14H,1H3,(H,15,17). The van der Waals surface area contributed by atoms with Crippen LogP contribution < -0.4 is 5.32 Å². The van der Waals surface area contributed by atoms with Crippen LogP contribution in [0.3, 0.4) is 0 Å². The van der Waals surface area contributed by atoms with Crippen LogP contribution >= 0.6 is 15.9 Å². The molecule has 0 aliphatic carbocycles. The van der Waals surface area contributed by atoms with Gasteiger partial charge in [-0.1, -0.05) is 12.1 Å². The number of halogens is 1. The number of aromatic amines is 1. The van der Waals surface area contributed by atoms with Crippen LogP contribution in [-0.4, -0.2) is 15.8 Å². The molecule has 0 radical (unpaired) electrons. The molecular weight excluding hydrogens is 314 g/mol. The van der Waals surface area contributed by atoms with Gasteiger partial charge in [0.1, 0.15) is 5.69 Å². The highest BCUT2D eigenvalue weighted by Gasteiger charge is 2.15. The molecule has 0 aliphatic heterocycles. The van der Waals surface area contributed by atoms with Crippen LogP contribution in [0.2, 0.25) is 0 Å². The van der Waals surface area contributed by atoms with Crippen LogP contribution in [0.5, 0.6) is 0 Å². The van der Waals surface area contributed by atoms with Gasteiger partial charge in [0.2, 0.25) is 0 Å². The maximum absolute atomic E-state index is 11.9. The average molecular weight is 324 g/mol. The van der Waals surface area contributed by atoms with Crippen LogP contribution in [0.25, 0.3) is 0 Å². The Morgan fingerprint density at radius 1 is 1.47 bits per heavy atom. The summed E-state index contributed by atoms with van der Waals surface area (Å²) in [5, 5.41) is 13.2. The summed E-state index contributed by atoms with van der Waals surface area (Å²) in [4.78, 5) is 24.5. The van der Waals surface area contributed by atoms with E-state index < -0.39 is 10.8 Å². The van der Waals surface area contributed by atoms with Gasteiger partial charge in [0.05, 0.1) is 16.8 Å². The number of carbonyl (C=O) groups excluding carboxylic acids is 1. The van der Waals surface area contributed by atoms with Gasteiger partial charge in [-0.3, -0.25) is 14.9 Å². The Bertz CT molecular complexity index is 651. The molecule has 2 aromatic rings. The number of anilines is 1. The third-order valence-corrected chi connectivity index (χ3v) is 3.62. The number of aromatic nitrogens is 1. The lowest BCUT2D eigenvalue weighted by atomic mass is 10.2. The second-order valence-corrected chi connectivity index (χ2v) is 4.71. The molecule has 0 saturated carbocycles. The van der Waals surface area contributed by atoms with E-state index in [2.05, 4.69) is 26.2 Å². The minimum atomic E-state index is -0.560. The van der Waals surface area contributed by atoms with E-state index in [1.165, 1.54) is 12.3 Å². The fourth-order valence-corrected chi connectivity index (χ4v) is 1.92. The summed E-state index contributed by atoms with van der Waals surface area (Å²) in [6.07, 6.45) is 1.18. The minimum absolute atomic E-state index is 0.139. The van der Waals surface area contributed by atoms with Crippen molar-refractivity contribution in [2.24, 2.45) is 0 Å². The van der Waals surface area contributed by atoms with E-state index >= 15 is 0 Å². The van der Waals surface area contributed by atoms with Crippen molar-refractivity contribution in [1.82, 2.24) is 4.98 Å². The van der Waals surface area contributed by atoms with Crippen molar-refractivity contribution >= 4 is 33.2 Å². The van der Waals surface area contributed by atoms with Crippen molar-refractivity contribution in [2.45, 2.75) is 6.92 Å². The van der Waals surface area contributed by atoms with E-state index in [0.29, 0.717) is 5.69 Å². The lowest BCUT2D eigenvalue weighted by molar-refractivity contribution is -0.384. The minimum Gasteiger partial charge on any atom is -0.351 e. The van der Waals surface area contributed by atoms with Crippen molar-refractivity contribution in [3.63, 3.8) is 0 Å². The number of benzene rings is 1. The zero-order valence-corrected chi connectivity index (χ0v) is 11.5. The summed E-state index contributed by atoms with van der Waals surface area (Å²) >= 11 is 3.38. The number of amides is 1. The van der Waals surface area contributed by atoms with E-state index in [4.69, 9.17) is 0 Å². The van der Waals surface area contributed by atoms with Crippen molar-refractivity contribution in [2.75, 3.05) is 5.32 Å². The predicted molar refractivity (Wildman–Crippen MR) is 74.3 cm³/mol. The molecule has 0 fully saturated rings. The van der Waals surface area contributed by atoms with Gasteiger partial charge in [-0.25, -0.2) is 0 Å². The van der Waals surface area contributed by atoms with Gasteiger partial charge in [-0.2, -0.15) is 0 Å². The number of carbonyl (C=O) groups is 1. The van der Waals surface area contributed by atoms with E-state index in [0.717, 1.165) is 10.0 Å². The number of nitrogens with one attached hydrogen (secondary N) is 2. The van der Waals surface area contributed by atoms with Gasteiger partial charge >= 0.3 is 0 Å². The number of hydrogen-bond acceptors (Lipinski definition) is 3. The lowest BCUT2D eigenvalue weighted by Gasteiger charge is -2.07. The van der Waals surface area contributed by atoms with Gasteiger partial charge in [0.15, 0.2) is 0 Å². The fraction of sp³-hybridized carbons (Fsp3) is 0.0833. The molecule has 1 aromatic carbocycles. The van der Waals surface area contributed by atoms with Gasteiger partial charge in [0, 0.05) is 10.5 Å². The molecular formula is C12H10BrN3O3. The number of hydrogen-bond donors (Lipinski definition) is 2. The summed E-state index contributed by atoms with van der Waals surface area (Å²) in [5.41, 5.74) is 1.59. The van der Waals surface area contributed by atoms with Gasteiger partial charge in [-0.05, 0) is 34.5 Å². The molecule has 0 aliphatic rings. The maximum Gasteiger partial charge on any atom is 0.287 e. The first-order chi connectivity index (χ1) is 8.99. The van der Waals surface area contributed by atoms with Gasteiger partial charge in [0.25, 0.3) is 11.6 Å². The monoisotopic (exact) mass is 323 g/mol. The number of nitrogens with zero attached hydrogens (tertiary/aromatic N) is 1. The summed E-state index contributed by atoms with van der Waals surface area (Å²) in [5.74, 6) is -0.431. The van der Waals surface area contributed by atoms with Gasteiger partial charge < -0.3 is 10.3 Å². The molecule has 1 heterocycles. The molecule has 2 rings (SSSR count). The first-order valence-corrected chi connectivity index (χ1v) is 6.17.